The number of aliphatic hydroxyl groups excluding tert-OH is 1. The fourth-order valence-corrected chi connectivity index (χ4v) is 1.68. The van der Waals surface area contributed by atoms with Gasteiger partial charge in [0.15, 0.2) is 6.10 Å². The van der Waals surface area contributed by atoms with Crippen molar-refractivity contribution < 1.29 is 28.6 Å². The number of aliphatic hydroxyl groups is 1. The van der Waals surface area contributed by atoms with Crippen molar-refractivity contribution in [3.63, 3.8) is 0 Å². The molecule has 110 valence electrons. The zero-order valence-corrected chi connectivity index (χ0v) is 10.8. The summed E-state index contributed by atoms with van der Waals surface area (Å²) in [7, 11) is 0. The average molecular weight is 287 g/mol. The maximum atomic E-state index is 13.0. The lowest BCUT2D eigenvalue weighted by Gasteiger charge is -2.17. The van der Waals surface area contributed by atoms with Crippen LogP contribution in [0.15, 0.2) is 18.2 Å². The number of benzene rings is 1. The lowest BCUT2D eigenvalue weighted by molar-refractivity contribution is -0.143. The van der Waals surface area contributed by atoms with Gasteiger partial charge < -0.3 is 15.5 Å². The summed E-state index contributed by atoms with van der Waals surface area (Å²) in [5, 5.41) is 20.7. The fourth-order valence-electron chi connectivity index (χ4n) is 1.68. The minimum absolute atomic E-state index is 0.186. The highest BCUT2D eigenvalue weighted by Gasteiger charge is 2.24. The molecule has 1 rings (SSSR count). The van der Waals surface area contributed by atoms with Gasteiger partial charge in [0.25, 0.3) is 5.91 Å². The van der Waals surface area contributed by atoms with Gasteiger partial charge in [0.05, 0.1) is 0 Å². The van der Waals surface area contributed by atoms with E-state index < -0.39 is 35.7 Å². The average Bonchev–Trinajstić information content (AvgIpc) is 2.35. The Morgan fingerprint density at radius 1 is 1.25 bits per heavy atom. The first-order valence-corrected chi connectivity index (χ1v) is 6.02. The lowest BCUT2D eigenvalue weighted by atomic mass is 10.1. The number of hydrogen-bond donors (Lipinski definition) is 3. The largest absolute Gasteiger partial charge is 0.480 e. The van der Waals surface area contributed by atoms with E-state index in [4.69, 9.17) is 5.11 Å². The monoisotopic (exact) mass is 287 g/mol. The molecule has 0 aliphatic heterocycles. The molecule has 0 unspecified atom stereocenters. The molecule has 0 radical (unpaired) electrons. The summed E-state index contributed by atoms with van der Waals surface area (Å²) < 4.78 is 26.0. The van der Waals surface area contributed by atoms with E-state index in [1.807, 2.05) is 0 Å². The van der Waals surface area contributed by atoms with E-state index in [0.29, 0.717) is 12.5 Å². The summed E-state index contributed by atoms with van der Waals surface area (Å²) in [4.78, 5) is 22.6. The molecule has 0 aromatic heterocycles. The zero-order valence-electron chi connectivity index (χ0n) is 10.8. The summed E-state index contributed by atoms with van der Waals surface area (Å²) in [5.41, 5.74) is -0.277. The van der Waals surface area contributed by atoms with Crippen molar-refractivity contribution in [2.45, 2.75) is 31.9 Å². The van der Waals surface area contributed by atoms with Crippen LogP contribution in [0.4, 0.5) is 8.78 Å². The van der Waals surface area contributed by atoms with Crippen LogP contribution in [0.1, 0.15) is 31.4 Å². The Bertz CT molecular complexity index is 487. The number of carboxylic acids is 1. The Morgan fingerprint density at radius 3 is 2.25 bits per heavy atom. The molecule has 0 spiro atoms. The van der Waals surface area contributed by atoms with Crippen LogP contribution in [0.2, 0.25) is 0 Å². The quantitative estimate of drug-likeness (QED) is 0.737. The molecular weight excluding hydrogens is 272 g/mol. The number of aliphatic carboxylic acids is 1. The predicted molar refractivity (Wildman–Crippen MR) is 65.8 cm³/mol. The second-order valence-corrected chi connectivity index (χ2v) is 4.29. The Hall–Kier alpha value is -2.02. The van der Waals surface area contributed by atoms with E-state index in [9.17, 15) is 23.5 Å². The molecule has 5 nitrogen and oxygen atoms in total. The molecule has 0 saturated heterocycles. The molecule has 0 aliphatic carbocycles. The molecule has 7 heteroatoms. The van der Waals surface area contributed by atoms with E-state index in [-0.39, 0.29) is 12.0 Å². The molecule has 1 aromatic rings. The number of amides is 1. The summed E-state index contributed by atoms with van der Waals surface area (Å²) >= 11 is 0. The normalized spacial score (nSPS) is 13.6. The van der Waals surface area contributed by atoms with Crippen LogP contribution in [-0.4, -0.2) is 28.1 Å². The molecule has 1 aromatic carbocycles. The summed E-state index contributed by atoms with van der Waals surface area (Å²) in [6, 6.07) is 1.07. The van der Waals surface area contributed by atoms with Gasteiger partial charge in [-0.15, -0.1) is 0 Å². The van der Waals surface area contributed by atoms with Crippen molar-refractivity contribution in [1.29, 1.82) is 0 Å². The van der Waals surface area contributed by atoms with Gasteiger partial charge in [0, 0.05) is 6.07 Å². The summed E-state index contributed by atoms with van der Waals surface area (Å²) in [5.74, 6) is -4.13. The van der Waals surface area contributed by atoms with Crippen LogP contribution < -0.4 is 5.32 Å². The highest BCUT2D eigenvalue weighted by molar-refractivity contribution is 5.86. The molecule has 0 heterocycles. The van der Waals surface area contributed by atoms with Crippen LogP contribution in [-0.2, 0) is 9.59 Å². The first-order chi connectivity index (χ1) is 9.35. The second-order valence-electron chi connectivity index (χ2n) is 4.29. The van der Waals surface area contributed by atoms with Gasteiger partial charge in [0.2, 0.25) is 0 Å². The number of halogens is 2. The fraction of sp³-hybridized carbons (Fsp3) is 0.385. The van der Waals surface area contributed by atoms with Gasteiger partial charge >= 0.3 is 5.97 Å². The van der Waals surface area contributed by atoms with Crippen molar-refractivity contribution in [2.75, 3.05) is 0 Å². The first kappa shape index (κ1) is 16.0. The standard InChI is InChI=1S/C13H15F2NO4/c1-2-3-10(13(19)20)16-12(18)11(17)7-4-8(14)6-9(15)5-7/h4-6,10-11,17H,2-3H2,1H3,(H,16,18)(H,19,20)/t10-,11+/m0/s1. The van der Waals surface area contributed by atoms with Crippen molar-refractivity contribution in [1.82, 2.24) is 5.32 Å². The molecule has 3 N–H and O–H groups in total. The van der Waals surface area contributed by atoms with Crippen LogP contribution in [0, 0.1) is 11.6 Å². The van der Waals surface area contributed by atoms with E-state index in [0.717, 1.165) is 12.1 Å². The number of rotatable bonds is 6. The summed E-state index contributed by atoms with van der Waals surface area (Å²) in [6.45, 7) is 1.74. The highest BCUT2D eigenvalue weighted by atomic mass is 19.1. The molecule has 1 amide bonds. The minimum atomic E-state index is -1.83. The number of carbonyl (C=O) groups excluding carboxylic acids is 1. The number of carbonyl (C=O) groups is 2. The molecule has 0 bridgehead atoms. The Kier molecular flexibility index (Phi) is 5.57. The third-order valence-electron chi connectivity index (χ3n) is 2.64. The van der Waals surface area contributed by atoms with E-state index in [1.54, 1.807) is 6.92 Å². The van der Waals surface area contributed by atoms with E-state index >= 15 is 0 Å². The SMILES string of the molecule is CCC[C@H](NC(=O)[C@H](O)c1cc(F)cc(F)c1)C(=O)O. The smallest absolute Gasteiger partial charge is 0.326 e. The first-order valence-electron chi connectivity index (χ1n) is 6.02. The van der Waals surface area contributed by atoms with Crippen LogP contribution in [0.25, 0.3) is 0 Å². The predicted octanol–water partition coefficient (Wildman–Crippen LogP) is 1.37. The Labute approximate surface area is 114 Å². The van der Waals surface area contributed by atoms with E-state index in [2.05, 4.69) is 5.32 Å². The third kappa shape index (κ3) is 4.27. The van der Waals surface area contributed by atoms with Gasteiger partial charge in [-0.1, -0.05) is 13.3 Å². The van der Waals surface area contributed by atoms with Crippen molar-refractivity contribution in [2.24, 2.45) is 0 Å². The molecule has 2 atom stereocenters. The molecule has 0 aliphatic rings. The van der Waals surface area contributed by atoms with Gasteiger partial charge in [-0.05, 0) is 24.1 Å². The van der Waals surface area contributed by atoms with E-state index in [1.165, 1.54) is 0 Å². The number of carboxylic acid groups (broad SMARTS) is 1. The Morgan fingerprint density at radius 2 is 1.80 bits per heavy atom. The van der Waals surface area contributed by atoms with Crippen molar-refractivity contribution in [3.8, 4) is 0 Å². The highest BCUT2D eigenvalue weighted by Crippen LogP contribution is 2.17. The lowest BCUT2D eigenvalue weighted by Crippen LogP contribution is -2.43. The van der Waals surface area contributed by atoms with Crippen LogP contribution >= 0.6 is 0 Å². The van der Waals surface area contributed by atoms with Crippen molar-refractivity contribution in [3.05, 3.63) is 35.4 Å². The zero-order chi connectivity index (χ0) is 15.3. The van der Waals surface area contributed by atoms with Crippen LogP contribution in [0.5, 0.6) is 0 Å². The van der Waals surface area contributed by atoms with Gasteiger partial charge in [-0.2, -0.15) is 0 Å². The molecule has 20 heavy (non-hydrogen) atoms. The molecule has 0 saturated carbocycles. The van der Waals surface area contributed by atoms with Gasteiger partial charge in [-0.3, -0.25) is 4.79 Å². The number of nitrogens with one attached hydrogen (secondary N) is 1. The van der Waals surface area contributed by atoms with Gasteiger partial charge in [-0.25, -0.2) is 13.6 Å². The molecular formula is C13H15F2NO4. The van der Waals surface area contributed by atoms with Crippen molar-refractivity contribution >= 4 is 11.9 Å². The maximum absolute atomic E-state index is 13.0. The van der Waals surface area contributed by atoms with Gasteiger partial charge in [0.1, 0.15) is 17.7 Å². The van der Waals surface area contributed by atoms with Crippen LogP contribution in [0.3, 0.4) is 0 Å². The third-order valence-corrected chi connectivity index (χ3v) is 2.64. The topological polar surface area (TPSA) is 86.6 Å². The Balaban J connectivity index is 2.82. The second kappa shape index (κ2) is 6.95. The minimum Gasteiger partial charge on any atom is -0.480 e. The number of hydrogen-bond acceptors (Lipinski definition) is 3. The summed E-state index contributed by atoms with van der Waals surface area (Å²) in [6.07, 6.45) is -1.13. The maximum Gasteiger partial charge on any atom is 0.326 e. The molecule has 0 fully saturated rings.